The van der Waals surface area contributed by atoms with Gasteiger partial charge in [-0.2, -0.15) is 0 Å². The lowest BCUT2D eigenvalue weighted by Gasteiger charge is -2.21. The summed E-state index contributed by atoms with van der Waals surface area (Å²) in [5, 5.41) is 7.68. The molecule has 0 bridgehead atoms. The summed E-state index contributed by atoms with van der Waals surface area (Å²) in [4.78, 5) is 26.1. The third-order valence-electron chi connectivity index (χ3n) is 3.55. The van der Waals surface area contributed by atoms with Gasteiger partial charge in [-0.25, -0.2) is 0 Å². The van der Waals surface area contributed by atoms with Crippen molar-refractivity contribution in [2.24, 2.45) is 0 Å². The largest absolute Gasteiger partial charge is 0.347 e. The van der Waals surface area contributed by atoms with E-state index in [0.29, 0.717) is 17.8 Å². The number of hydrogen-bond acceptors (Lipinski definition) is 4. The fourth-order valence-corrected chi connectivity index (χ4v) is 3.97. The predicted molar refractivity (Wildman–Crippen MR) is 90.6 cm³/mol. The summed E-state index contributed by atoms with van der Waals surface area (Å²) < 4.78 is 0. The molecule has 0 saturated carbocycles. The van der Waals surface area contributed by atoms with E-state index in [0.717, 1.165) is 9.77 Å². The van der Waals surface area contributed by atoms with Gasteiger partial charge in [-0.3, -0.25) is 9.59 Å². The average Bonchev–Trinajstić information content (AvgIpc) is 2.91. The Balaban J connectivity index is 1.72. The van der Waals surface area contributed by atoms with Gasteiger partial charge in [-0.05, 0) is 49.1 Å². The molecule has 1 atom stereocenters. The molecule has 4 nitrogen and oxygen atoms in total. The highest BCUT2D eigenvalue weighted by atomic mass is 32.2. The number of rotatable bonds is 3. The van der Waals surface area contributed by atoms with E-state index < -0.39 is 0 Å². The topological polar surface area (TPSA) is 58.2 Å². The highest BCUT2D eigenvalue weighted by Gasteiger charge is 2.23. The van der Waals surface area contributed by atoms with Crippen molar-refractivity contribution in [2.45, 2.75) is 30.5 Å². The molecule has 2 amide bonds. The Morgan fingerprint density at radius 2 is 2.18 bits per heavy atom. The quantitative estimate of drug-likeness (QED) is 0.905. The maximum atomic E-state index is 12.3. The number of hydrogen-bond donors (Lipinski definition) is 2. The Morgan fingerprint density at radius 3 is 2.91 bits per heavy atom. The van der Waals surface area contributed by atoms with E-state index in [4.69, 9.17) is 0 Å². The number of nitrogens with one attached hydrogen (secondary N) is 2. The van der Waals surface area contributed by atoms with E-state index in [2.05, 4.69) is 10.6 Å². The van der Waals surface area contributed by atoms with Gasteiger partial charge in [-0.1, -0.05) is 0 Å². The Bertz CT molecular complexity index is 739. The molecule has 0 fully saturated rings. The van der Waals surface area contributed by atoms with Crippen LogP contribution >= 0.6 is 23.1 Å². The van der Waals surface area contributed by atoms with Gasteiger partial charge in [0.05, 0.1) is 17.5 Å². The molecule has 22 heavy (non-hydrogen) atoms. The lowest BCUT2D eigenvalue weighted by molar-refractivity contribution is -0.115. The van der Waals surface area contributed by atoms with Crippen LogP contribution in [0.2, 0.25) is 0 Å². The van der Waals surface area contributed by atoms with Crippen LogP contribution in [0.3, 0.4) is 0 Å². The maximum Gasteiger partial charge on any atom is 0.251 e. The van der Waals surface area contributed by atoms with Crippen molar-refractivity contribution in [1.29, 1.82) is 0 Å². The Hall–Kier alpha value is -1.79. The minimum atomic E-state index is -0.131. The molecule has 2 N–H and O–H groups in total. The molecule has 2 aromatic rings. The molecule has 1 aliphatic heterocycles. The van der Waals surface area contributed by atoms with Crippen LogP contribution in [0.1, 0.15) is 27.7 Å². The smallest absolute Gasteiger partial charge is 0.251 e. The molecule has 1 aromatic carbocycles. The second-order valence-corrected chi connectivity index (χ2v) is 7.55. The number of amides is 2. The van der Waals surface area contributed by atoms with Crippen molar-refractivity contribution in [3.05, 3.63) is 45.6 Å². The zero-order valence-electron chi connectivity index (χ0n) is 12.3. The summed E-state index contributed by atoms with van der Waals surface area (Å²) in [7, 11) is 0. The van der Waals surface area contributed by atoms with E-state index in [1.165, 1.54) is 17.3 Å². The highest BCUT2D eigenvalue weighted by Crippen LogP contribution is 2.35. The minimum Gasteiger partial charge on any atom is -0.347 e. The number of carbonyl (C=O) groups excluding carboxylic acids is 2. The van der Waals surface area contributed by atoms with Crippen LogP contribution in [0.25, 0.3) is 0 Å². The molecule has 1 aromatic heterocycles. The fourth-order valence-electron chi connectivity index (χ4n) is 2.20. The standard InChI is InChI=1S/C16H16N2O2S2/c1-9-5-6-21-14(9)8-17-16(20)11-3-4-13-12(7-11)18-15(19)10(2)22-13/h3-7,10H,8H2,1-2H3,(H,17,20)(H,18,19). The third-order valence-corrected chi connectivity index (χ3v) is 5.75. The number of carbonyl (C=O) groups is 2. The van der Waals surface area contributed by atoms with Crippen LogP contribution in [-0.2, 0) is 11.3 Å². The van der Waals surface area contributed by atoms with Crippen molar-refractivity contribution in [2.75, 3.05) is 5.32 Å². The molecule has 114 valence electrons. The van der Waals surface area contributed by atoms with Crippen LogP contribution in [0.15, 0.2) is 34.5 Å². The van der Waals surface area contributed by atoms with Gasteiger partial charge in [0.2, 0.25) is 5.91 Å². The molecule has 3 rings (SSSR count). The third kappa shape index (κ3) is 3.03. The van der Waals surface area contributed by atoms with E-state index in [-0.39, 0.29) is 17.1 Å². The van der Waals surface area contributed by atoms with Crippen LogP contribution in [0.5, 0.6) is 0 Å². The van der Waals surface area contributed by atoms with E-state index in [9.17, 15) is 9.59 Å². The number of aryl methyl sites for hydroxylation is 1. The highest BCUT2D eigenvalue weighted by molar-refractivity contribution is 8.00. The van der Waals surface area contributed by atoms with Gasteiger partial charge in [0.1, 0.15) is 0 Å². The zero-order valence-corrected chi connectivity index (χ0v) is 13.9. The monoisotopic (exact) mass is 332 g/mol. The first-order chi connectivity index (χ1) is 10.5. The SMILES string of the molecule is Cc1ccsc1CNC(=O)c1ccc2c(c1)NC(=O)C(C)S2. The molecule has 0 saturated heterocycles. The second-order valence-electron chi connectivity index (χ2n) is 5.17. The van der Waals surface area contributed by atoms with Crippen molar-refractivity contribution >= 4 is 40.6 Å². The predicted octanol–water partition coefficient (Wildman–Crippen LogP) is 3.42. The number of fused-ring (bicyclic) bond motifs is 1. The fraction of sp³-hybridized carbons (Fsp3) is 0.250. The van der Waals surface area contributed by atoms with Crippen molar-refractivity contribution in [1.82, 2.24) is 5.32 Å². The summed E-state index contributed by atoms with van der Waals surface area (Å²) in [6.07, 6.45) is 0. The van der Waals surface area contributed by atoms with Crippen LogP contribution in [0, 0.1) is 6.92 Å². The van der Waals surface area contributed by atoms with E-state index >= 15 is 0 Å². The van der Waals surface area contributed by atoms with Gasteiger partial charge in [0, 0.05) is 15.3 Å². The molecule has 0 spiro atoms. The summed E-state index contributed by atoms with van der Waals surface area (Å²) >= 11 is 3.15. The van der Waals surface area contributed by atoms with Crippen LogP contribution in [0.4, 0.5) is 5.69 Å². The number of thioether (sulfide) groups is 1. The first-order valence-electron chi connectivity index (χ1n) is 6.97. The van der Waals surface area contributed by atoms with E-state index in [1.807, 2.05) is 31.4 Å². The summed E-state index contributed by atoms with van der Waals surface area (Å²) in [6.45, 7) is 4.43. The number of thiophene rings is 1. The van der Waals surface area contributed by atoms with Crippen molar-refractivity contribution < 1.29 is 9.59 Å². The Morgan fingerprint density at radius 1 is 1.36 bits per heavy atom. The minimum absolute atomic E-state index is 0.0238. The van der Waals surface area contributed by atoms with Crippen molar-refractivity contribution in [3.63, 3.8) is 0 Å². The summed E-state index contributed by atoms with van der Waals surface area (Å²) in [5.41, 5.74) is 2.46. The first-order valence-corrected chi connectivity index (χ1v) is 8.73. The van der Waals surface area contributed by atoms with Gasteiger partial charge >= 0.3 is 0 Å². The molecule has 2 heterocycles. The summed E-state index contributed by atoms with van der Waals surface area (Å²) in [5.74, 6) is -0.155. The van der Waals surface area contributed by atoms with Gasteiger partial charge in [0.25, 0.3) is 5.91 Å². The van der Waals surface area contributed by atoms with Gasteiger partial charge in [-0.15, -0.1) is 23.1 Å². The molecular weight excluding hydrogens is 316 g/mol. The Labute approximate surface area is 137 Å². The number of benzene rings is 1. The number of anilines is 1. The van der Waals surface area contributed by atoms with Gasteiger partial charge in [0.15, 0.2) is 0 Å². The molecule has 1 aliphatic rings. The van der Waals surface area contributed by atoms with E-state index in [1.54, 1.807) is 23.5 Å². The second kappa shape index (κ2) is 6.14. The van der Waals surface area contributed by atoms with Gasteiger partial charge < -0.3 is 10.6 Å². The summed E-state index contributed by atoms with van der Waals surface area (Å²) in [6, 6.07) is 7.47. The maximum absolute atomic E-state index is 12.3. The van der Waals surface area contributed by atoms with Crippen molar-refractivity contribution in [3.8, 4) is 0 Å². The lowest BCUT2D eigenvalue weighted by atomic mass is 10.1. The zero-order chi connectivity index (χ0) is 15.7. The molecular formula is C16H16N2O2S2. The normalized spacial score (nSPS) is 16.8. The Kier molecular flexibility index (Phi) is 4.22. The molecule has 1 unspecified atom stereocenters. The van der Waals surface area contributed by atoms with Crippen LogP contribution < -0.4 is 10.6 Å². The molecule has 0 radical (unpaired) electrons. The first kappa shape index (κ1) is 15.1. The molecule has 6 heteroatoms. The van der Waals surface area contributed by atoms with Crippen LogP contribution in [-0.4, -0.2) is 17.1 Å². The average molecular weight is 332 g/mol. The molecule has 0 aliphatic carbocycles. The lowest BCUT2D eigenvalue weighted by Crippen LogP contribution is -2.27.